The Balaban J connectivity index is 3.31. The van der Waals surface area contributed by atoms with E-state index in [0.717, 1.165) is 12.1 Å². The first kappa shape index (κ1) is 10.6. The van der Waals surface area contributed by atoms with Crippen LogP contribution < -0.4 is 5.73 Å². The van der Waals surface area contributed by atoms with Crippen LogP contribution in [0.15, 0.2) is 12.1 Å². The van der Waals surface area contributed by atoms with Gasteiger partial charge in [0.25, 0.3) is 6.43 Å². The second-order valence-electron chi connectivity index (χ2n) is 2.82. The van der Waals surface area contributed by atoms with Crippen LogP contribution in [-0.2, 0) is 0 Å². The number of carbonyl (C=O) groups excluding carboxylic acids is 1. The lowest BCUT2D eigenvalue weighted by Crippen LogP contribution is -2.03. The predicted octanol–water partition coefficient (Wildman–Crippen LogP) is 2.55. The van der Waals surface area contributed by atoms with Crippen molar-refractivity contribution in [2.24, 2.45) is 0 Å². The maximum atomic E-state index is 13.0. The lowest BCUT2D eigenvalue weighted by atomic mass is 10.1. The summed E-state index contributed by atoms with van der Waals surface area (Å²) in [7, 11) is 0. The molecule has 14 heavy (non-hydrogen) atoms. The predicted molar refractivity (Wildman–Crippen MR) is 45.8 cm³/mol. The molecule has 1 aromatic carbocycles. The molecule has 0 unspecified atom stereocenters. The van der Waals surface area contributed by atoms with E-state index in [1.54, 1.807) is 0 Å². The number of alkyl halides is 2. The van der Waals surface area contributed by atoms with Crippen molar-refractivity contribution in [1.82, 2.24) is 0 Å². The summed E-state index contributed by atoms with van der Waals surface area (Å²) in [6, 6.07) is 1.52. The molecule has 0 aliphatic rings. The van der Waals surface area contributed by atoms with Gasteiger partial charge in [-0.15, -0.1) is 0 Å². The third-order valence-corrected chi connectivity index (χ3v) is 1.78. The molecule has 0 fully saturated rings. The summed E-state index contributed by atoms with van der Waals surface area (Å²) in [5.41, 5.74) is 4.32. The number of hydrogen-bond donors (Lipinski definition) is 1. The molecule has 0 spiro atoms. The van der Waals surface area contributed by atoms with Crippen LogP contribution in [0.2, 0.25) is 0 Å². The van der Waals surface area contributed by atoms with Gasteiger partial charge in [-0.1, -0.05) is 0 Å². The fourth-order valence-electron chi connectivity index (χ4n) is 1.08. The molecule has 0 aromatic heterocycles. The van der Waals surface area contributed by atoms with Crippen molar-refractivity contribution in [3.8, 4) is 0 Å². The van der Waals surface area contributed by atoms with Gasteiger partial charge in [0.1, 0.15) is 5.82 Å². The first-order valence-electron chi connectivity index (χ1n) is 3.81. The van der Waals surface area contributed by atoms with Gasteiger partial charge in [0.2, 0.25) is 0 Å². The summed E-state index contributed by atoms with van der Waals surface area (Å²) >= 11 is 0. The van der Waals surface area contributed by atoms with Crippen LogP contribution in [0.5, 0.6) is 0 Å². The SMILES string of the molecule is CC(=O)c1cc(F)c(C(F)F)cc1N. The van der Waals surface area contributed by atoms with Crippen LogP contribution in [0.4, 0.5) is 18.9 Å². The quantitative estimate of drug-likeness (QED) is 0.592. The number of anilines is 1. The second kappa shape index (κ2) is 3.69. The molecule has 0 radical (unpaired) electrons. The molecule has 76 valence electrons. The first-order chi connectivity index (χ1) is 6.43. The molecule has 0 amide bonds. The van der Waals surface area contributed by atoms with Crippen LogP contribution in [-0.4, -0.2) is 5.78 Å². The molecule has 0 heterocycles. The molecule has 2 N–H and O–H groups in total. The maximum Gasteiger partial charge on any atom is 0.266 e. The summed E-state index contributed by atoms with van der Waals surface area (Å²) in [5, 5.41) is 0. The number of halogens is 3. The lowest BCUT2D eigenvalue weighted by Gasteiger charge is -2.06. The van der Waals surface area contributed by atoms with E-state index in [0.29, 0.717) is 0 Å². The molecule has 0 saturated carbocycles. The van der Waals surface area contributed by atoms with Crippen LogP contribution in [0, 0.1) is 5.82 Å². The highest BCUT2D eigenvalue weighted by Crippen LogP contribution is 2.26. The Morgan fingerprint density at radius 3 is 2.43 bits per heavy atom. The molecule has 0 saturated heterocycles. The Morgan fingerprint density at radius 1 is 1.43 bits per heavy atom. The molecule has 1 aromatic rings. The van der Waals surface area contributed by atoms with Gasteiger partial charge >= 0.3 is 0 Å². The molecule has 0 aliphatic heterocycles. The van der Waals surface area contributed by atoms with Gasteiger partial charge in [0, 0.05) is 11.3 Å². The van der Waals surface area contributed by atoms with Crippen molar-refractivity contribution in [3.63, 3.8) is 0 Å². The van der Waals surface area contributed by atoms with Gasteiger partial charge in [-0.2, -0.15) is 0 Å². The van der Waals surface area contributed by atoms with Crippen molar-refractivity contribution in [1.29, 1.82) is 0 Å². The van der Waals surface area contributed by atoms with Gasteiger partial charge in [-0.25, -0.2) is 13.2 Å². The zero-order valence-corrected chi connectivity index (χ0v) is 7.35. The highest BCUT2D eigenvalue weighted by Gasteiger charge is 2.17. The normalized spacial score (nSPS) is 10.6. The summed E-state index contributed by atoms with van der Waals surface area (Å²) in [6.07, 6.45) is -2.93. The number of rotatable bonds is 2. The number of nitrogen functional groups attached to an aromatic ring is 1. The number of nitrogens with two attached hydrogens (primary N) is 1. The highest BCUT2D eigenvalue weighted by atomic mass is 19.3. The number of carbonyl (C=O) groups is 1. The highest BCUT2D eigenvalue weighted by molar-refractivity contribution is 5.99. The Kier molecular flexibility index (Phi) is 2.78. The van der Waals surface area contributed by atoms with Crippen molar-refractivity contribution >= 4 is 11.5 Å². The van der Waals surface area contributed by atoms with Gasteiger partial charge in [0.15, 0.2) is 5.78 Å². The smallest absolute Gasteiger partial charge is 0.266 e. The average molecular weight is 203 g/mol. The fraction of sp³-hybridized carbons (Fsp3) is 0.222. The van der Waals surface area contributed by atoms with E-state index in [1.165, 1.54) is 6.92 Å². The van der Waals surface area contributed by atoms with E-state index in [4.69, 9.17) is 5.73 Å². The van der Waals surface area contributed by atoms with Crippen LogP contribution >= 0.6 is 0 Å². The summed E-state index contributed by atoms with van der Waals surface area (Å²) < 4.78 is 37.3. The molecule has 0 atom stereocenters. The Morgan fingerprint density at radius 2 is 2.00 bits per heavy atom. The summed E-state index contributed by atoms with van der Waals surface area (Å²) in [6.45, 7) is 1.19. The largest absolute Gasteiger partial charge is 0.398 e. The molecule has 0 bridgehead atoms. The monoisotopic (exact) mass is 203 g/mol. The number of Topliss-reactive ketones (excluding diaryl/α,β-unsaturated/α-hetero) is 1. The molecule has 5 heteroatoms. The van der Waals surface area contributed by atoms with Gasteiger partial charge < -0.3 is 5.73 Å². The third kappa shape index (κ3) is 1.86. The fourth-order valence-corrected chi connectivity index (χ4v) is 1.08. The average Bonchev–Trinajstić information content (AvgIpc) is 2.07. The minimum atomic E-state index is -2.93. The van der Waals surface area contributed by atoms with Crippen LogP contribution in [0.3, 0.4) is 0 Å². The van der Waals surface area contributed by atoms with Crippen molar-refractivity contribution in [2.45, 2.75) is 13.3 Å². The van der Waals surface area contributed by atoms with Crippen LogP contribution in [0.1, 0.15) is 29.3 Å². The molecular weight excluding hydrogens is 195 g/mol. The van der Waals surface area contributed by atoms with Crippen molar-refractivity contribution in [3.05, 3.63) is 29.1 Å². The first-order valence-corrected chi connectivity index (χ1v) is 3.81. The maximum absolute atomic E-state index is 13.0. The second-order valence-corrected chi connectivity index (χ2v) is 2.82. The minimum Gasteiger partial charge on any atom is -0.398 e. The standard InChI is InChI=1S/C9H8F3NO/c1-4(14)5-2-7(10)6(9(11)12)3-8(5)13/h2-3,9H,13H2,1H3. The van der Waals surface area contributed by atoms with Crippen LogP contribution in [0.25, 0.3) is 0 Å². The Labute approximate surface area is 78.5 Å². The summed E-state index contributed by atoms with van der Waals surface area (Å²) in [5.74, 6) is -1.57. The minimum absolute atomic E-state index is 0.0769. The lowest BCUT2D eigenvalue weighted by molar-refractivity contribution is 0.101. The van der Waals surface area contributed by atoms with E-state index in [-0.39, 0.29) is 11.3 Å². The number of benzene rings is 1. The zero-order valence-electron chi connectivity index (χ0n) is 7.35. The topological polar surface area (TPSA) is 43.1 Å². The molecule has 2 nitrogen and oxygen atoms in total. The zero-order chi connectivity index (χ0) is 10.9. The van der Waals surface area contributed by atoms with Gasteiger partial charge in [-0.3, -0.25) is 4.79 Å². The van der Waals surface area contributed by atoms with E-state index in [2.05, 4.69) is 0 Å². The molecule has 1 rings (SSSR count). The van der Waals surface area contributed by atoms with Gasteiger partial charge in [-0.05, 0) is 19.1 Å². The molecule has 0 aliphatic carbocycles. The number of ketones is 1. The third-order valence-electron chi connectivity index (χ3n) is 1.78. The van der Waals surface area contributed by atoms with Crippen molar-refractivity contribution < 1.29 is 18.0 Å². The van der Waals surface area contributed by atoms with Gasteiger partial charge in [0.05, 0.1) is 5.56 Å². The van der Waals surface area contributed by atoms with E-state index >= 15 is 0 Å². The Hall–Kier alpha value is -1.52. The van der Waals surface area contributed by atoms with E-state index < -0.39 is 23.6 Å². The van der Waals surface area contributed by atoms with Crippen molar-refractivity contribution in [2.75, 3.05) is 5.73 Å². The van der Waals surface area contributed by atoms with E-state index in [9.17, 15) is 18.0 Å². The molecular formula is C9H8F3NO. The van der Waals surface area contributed by atoms with E-state index in [1.807, 2.05) is 0 Å². The Bertz CT molecular complexity index is 377. The number of hydrogen-bond acceptors (Lipinski definition) is 2. The summed E-state index contributed by atoms with van der Waals surface area (Å²) in [4.78, 5) is 10.9.